The van der Waals surface area contributed by atoms with Crippen molar-refractivity contribution in [2.45, 2.75) is 6.18 Å². The Kier molecular flexibility index (Phi) is 5.10. The van der Waals surface area contributed by atoms with Crippen LogP contribution in [0.3, 0.4) is 0 Å². The predicted molar refractivity (Wildman–Crippen MR) is 96.8 cm³/mol. The second-order valence-electron chi connectivity index (χ2n) is 6.30. The Balaban J connectivity index is 2.10. The maximum Gasteiger partial charge on any atom is 0.434 e. The van der Waals surface area contributed by atoms with Crippen LogP contribution in [-0.2, 0) is 6.18 Å². The zero-order valence-electron chi connectivity index (χ0n) is 15.3. The summed E-state index contributed by atoms with van der Waals surface area (Å²) in [6, 6.07) is 8.92. The molecule has 2 heterocycles. The van der Waals surface area contributed by atoms with Crippen LogP contribution in [0.5, 0.6) is 0 Å². The molecule has 0 unspecified atom stereocenters. The third-order valence-corrected chi connectivity index (χ3v) is 4.07. The number of rotatable bonds is 4. The molecule has 0 spiro atoms. The Morgan fingerprint density at radius 3 is 2.48 bits per heavy atom. The summed E-state index contributed by atoms with van der Waals surface area (Å²) in [4.78, 5) is 28.9. The molecule has 2 aromatic heterocycles. The molecule has 0 atom stereocenters. The largest absolute Gasteiger partial charge is 0.478 e. The molecule has 29 heavy (non-hydrogen) atoms. The lowest BCUT2D eigenvalue weighted by Crippen LogP contribution is -2.21. The molecule has 1 N–H and O–H groups in total. The first-order chi connectivity index (χ1) is 13.6. The van der Waals surface area contributed by atoms with E-state index in [1.165, 1.54) is 41.4 Å². The quantitative estimate of drug-likeness (QED) is 0.721. The van der Waals surface area contributed by atoms with E-state index in [2.05, 4.69) is 10.1 Å². The molecule has 0 fully saturated rings. The summed E-state index contributed by atoms with van der Waals surface area (Å²) >= 11 is 0. The Morgan fingerprint density at radius 2 is 1.86 bits per heavy atom. The number of aromatic nitrogens is 3. The average Bonchev–Trinajstić information content (AvgIpc) is 3.13. The first-order valence-electron chi connectivity index (χ1n) is 8.26. The van der Waals surface area contributed by atoms with Crippen LogP contribution in [0.2, 0.25) is 0 Å². The predicted octanol–water partition coefficient (Wildman–Crippen LogP) is 3.35. The minimum absolute atomic E-state index is 0.00784. The van der Waals surface area contributed by atoms with E-state index < -0.39 is 23.4 Å². The standard InChI is InChI=1S/C19H15F3N4O3/c1-25(2)17(27)12-6-7-23-15(9-12)11-4-3-5-13(8-11)26-16(19(20,21)22)14(10-24-26)18(28)29/h3-10H,1-2H3,(H,28,29). The lowest BCUT2D eigenvalue weighted by atomic mass is 10.1. The molecule has 3 aromatic rings. The molecule has 0 aliphatic heterocycles. The van der Waals surface area contributed by atoms with Crippen molar-refractivity contribution < 1.29 is 27.9 Å². The average molecular weight is 404 g/mol. The van der Waals surface area contributed by atoms with Gasteiger partial charge in [0.2, 0.25) is 0 Å². The lowest BCUT2D eigenvalue weighted by molar-refractivity contribution is -0.143. The summed E-state index contributed by atoms with van der Waals surface area (Å²) in [6.07, 6.45) is -2.83. The molecule has 1 amide bonds. The maximum atomic E-state index is 13.5. The van der Waals surface area contributed by atoms with Crippen molar-refractivity contribution in [3.63, 3.8) is 0 Å². The van der Waals surface area contributed by atoms with E-state index in [0.29, 0.717) is 27.7 Å². The van der Waals surface area contributed by atoms with Gasteiger partial charge in [-0.25, -0.2) is 9.48 Å². The smallest absolute Gasteiger partial charge is 0.434 e. The number of halogens is 3. The first kappa shape index (κ1) is 20.1. The number of benzene rings is 1. The Morgan fingerprint density at radius 1 is 1.14 bits per heavy atom. The Labute approximate surface area is 163 Å². The van der Waals surface area contributed by atoms with E-state index in [9.17, 15) is 22.8 Å². The van der Waals surface area contributed by atoms with Crippen molar-refractivity contribution in [1.29, 1.82) is 0 Å². The summed E-state index contributed by atoms with van der Waals surface area (Å²) in [6.45, 7) is 0. The number of carboxylic acid groups (broad SMARTS) is 1. The van der Waals surface area contributed by atoms with Crippen molar-refractivity contribution in [3.05, 3.63) is 65.6 Å². The molecular weight excluding hydrogens is 389 g/mol. The molecular formula is C19H15F3N4O3. The number of pyridine rings is 1. The summed E-state index contributed by atoms with van der Waals surface area (Å²) in [5.41, 5.74) is -1.14. The van der Waals surface area contributed by atoms with E-state index in [1.807, 2.05) is 0 Å². The number of hydrogen-bond acceptors (Lipinski definition) is 4. The normalized spacial score (nSPS) is 11.3. The summed E-state index contributed by atoms with van der Waals surface area (Å²) in [5, 5.41) is 12.7. The van der Waals surface area contributed by atoms with E-state index >= 15 is 0 Å². The number of carbonyl (C=O) groups is 2. The van der Waals surface area contributed by atoms with Gasteiger partial charge in [-0.15, -0.1) is 0 Å². The van der Waals surface area contributed by atoms with Gasteiger partial charge in [-0.2, -0.15) is 18.3 Å². The highest BCUT2D eigenvalue weighted by atomic mass is 19.4. The van der Waals surface area contributed by atoms with Gasteiger partial charge in [0.05, 0.1) is 17.6 Å². The Hall–Kier alpha value is -3.69. The van der Waals surface area contributed by atoms with Gasteiger partial charge in [0, 0.05) is 31.4 Å². The molecule has 0 saturated carbocycles. The summed E-state index contributed by atoms with van der Waals surface area (Å²) in [7, 11) is 3.19. The van der Waals surface area contributed by atoms with Crippen LogP contribution in [0.15, 0.2) is 48.8 Å². The zero-order chi connectivity index (χ0) is 21.3. The first-order valence-corrected chi connectivity index (χ1v) is 8.26. The van der Waals surface area contributed by atoms with E-state index in [4.69, 9.17) is 5.11 Å². The highest BCUT2D eigenvalue weighted by molar-refractivity contribution is 5.94. The van der Waals surface area contributed by atoms with Gasteiger partial charge in [-0.3, -0.25) is 9.78 Å². The van der Waals surface area contributed by atoms with Crippen LogP contribution in [0.1, 0.15) is 26.4 Å². The van der Waals surface area contributed by atoms with Gasteiger partial charge in [-0.1, -0.05) is 12.1 Å². The van der Waals surface area contributed by atoms with Crippen molar-refractivity contribution in [2.75, 3.05) is 14.1 Å². The molecule has 150 valence electrons. The van der Waals surface area contributed by atoms with Crippen LogP contribution in [0.25, 0.3) is 16.9 Å². The maximum absolute atomic E-state index is 13.5. The second-order valence-corrected chi connectivity index (χ2v) is 6.30. The minimum Gasteiger partial charge on any atom is -0.478 e. The SMILES string of the molecule is CN(C)C(=O)c1ccnc(-c2cccc(-n3ncc(C(=O)O)c3C(F)(F)F)c2)c1. The van der Waals surface area contributed by atoms with Crippen molar-refractivity contribution in [1.82, 2.24) is 19.7 Å². The van der Waals surface area contributed by atoms with Gasteiger partial charge >= 0.3 is 12.1 Å². The van der Waals surface area contributed by atoms with Crippen molar-refractivity contribution in [3.8, 4) is 16.9 Å². The third-order valence-electron chi connectivity index (χ3n) is 4.07. The number of aromatic carboxylic acids is 1. The number of carboxylic acids is 1. The number of hydrogen-bond donors (Lipinski definition) is 1. The Bertz CT molecular complexity index is 1090. The van der Waals surface area contributed by atoms with E-state index in [0.717, 1.165) is 0 Å². The minimum atomic E-state index is -4.92. The van der Waals surface area contributed by atoms with Crippen LogP contribution < -0.4 is 0 Å². The number of alkyl halides is 3. The monoisotopic (exact) mass is 404 g/mol. The number of nitrogens with zero attached hydrogens (tertiary/aromatic N) is 4. The van der Waals surface area contributed by atoms with Crippen LogP contribution in [-0.4, -0.2) is 50.7 Å². The van der Waals surface area contributed by atoms with Gasteiger partial charge in [0.25, 0.3) is 5.91 Å². The van der Waals surface area contributed by atoms with Crippen molar-refractivity contribution in [2.24, 2.45) is 0 Å². The van der Waals surface area contributed by atoms with Crippen LogP contribution >= 0.6 is 0 Å². The van der Waals surface area contributed by atoms with Gasteiger partial charge in [0.15, 0.2) is 5.69 Å². The van der Waals surface area contributed by atoms with E-state index in [-0.39, 0.29) is 11.6 Å². The lowest BCUT2D eigenvalue weighted by Gasteiger charge is -2.13. The molecule has 0 bridgehead atoms. The fourth-order valence-corrected chi connectivity index (χ4v) is 2.75. The molecule has 1 aromatic carbocycles. The van der Waals surface area contributed by atoms with Crippen LogP contribution in [0.4, 0.5) is 13.2 Å². The number of carbonyl (C=O) groups excluding carboxylic acids is 1. The van der Waals surface area contributed by atoms with Gasteiger partial charge < -0.3 is 10.0 Å². The fraction of sp³-hybridized carbons (Fsp3) is 0.158. The van der Waals surface area contributed by atoms with Crippen molar-refractivity contribution >= 4 is 11.9 Å². The molecule has 0 saturated heterocycles. The summed E-state index contributed by atoms with van der Waals surface area (Å²) in [5.74, 6) is -1.97. The van der Waals surface area contributed by atoms with E-state index in [1.54, 1.807) is 20.2 Å². The molecule has 0 aliphatic carbocycles. The zero-order valence-corrected chi connectivity index (χ0v) is 15.3. The third kappa shape index (κ3) is 3.96. The highest BCUT2D eigenvalue weighted by Gasteiger charge is 2.40. The molecule has 0 radical (unpaired) electrons. The molecule has 3 rings (SSSR count). The van der Waals surface area contributed by atoms with Crippen LogP contribution in [0, 0.1) is 0 Å². The van der Waals surface area contributed by atoms with Gasteiger partial charge in [0.1, 0.15) is 5.56 Å². The van der Waals surface area contributed by atoms with Gasteiger partial charge in [-0.05, 0) is 24.3 Å². The molecule has 0 aliphatic rings. The molecule has 7 nitrogen and oxygen atoms in total. The highest BCUT2D eigenvalue weighted by Crippen LogP contribution is 2.34. The molecule has 10 heteroatoms. The number of amides is 1. The fourth-order valence-electron chi connectivity index (χ4n) is 2.75. The summed E-state index contributed by atoms with van der Waals surface area (Å²) < 4.78 is 40.9. The second kappa shape index (κ2) is 7.38. The topological polar surface area (TPSA) is 88.3 Å².